The number of likely N-dealkylation sites (tertiary alicyclic amines) is 1. The van der Waals surface area contributed by atoms with Crippen LogP contribution in [0.3, 0.4) is 0 Å². The quantitative estimate of drug-likeness (QED) is 0.840. The van der Waals surface area contributed by atoms with Crippen LogP contribution in [0.4, 0.5) is 4.79 Å². The molecule has 0 aliphatic carbocycles. The Kier molecular flexibility index (Phi) is 6.24. The van der Waals surface area contributed by atoms with Crippen molar-refractivity contribution in [2.75, 3.05) is 20.2 Å². The molecular weight excluding hydrogens is 358 g/mol. The van der Waals surface area contributed by atoms with E-state index < -0.39 is 5.60 Å². The lowest BCUT2D eigenvalue weighted by Gasteiger charge is -2.32. The maximum atomic E-state index is 11.9. The third kappa shape index (κ3) is 5.73. The third-order valence-electron chi connectivity index (χ3n) is 4.60. The molecule has 2 aromatic rings. The second-order valence-electron chi connectivity index (χ2n) is 8.04. The van der Waals surface area contributed by atoms with Gasteiger partial charge in [-0.15, -0.1) is 0 Å². The molecule has 1 fully saturated rings. The zero-order valence-electron chi connectivity index (χ0n) is 17.0. The zero-order chi connectivity index (χ0) is 20.1. The third-order valence-corrected chi connectivity index (χ3v) is 4.60. The first kappa shape index (κ1) is 20.2. The summed E-state index contributed by atoms with van der Waals surface area (Å²) in [5.74, 6) is 2.26. The summed E-state index contributed by atoms with van der Waals surface area (Å²) in [6, 6.07) is 7.86. The van der Waals surface area contributed by atoms with Gasteiger partial charge in [-0.3, -0.25) is 4.90 Å². The van der Waals surface area contributed by atoms with Crippen LogP contribution in [0.5, 0.6) is 5.75 Å². The fraction of sp³-hybridized carbons (Fsp3) is 0.524. The molecule has 1 N–H and O–H groups in total. The number of nitrogens with zero attached hydrogens (tertiary/aromatic N) is 2. The van der Waals surface area contributed by atoms with Crippen LogP contribution in [0, 0.1) is 0 Å². The number of ether oxygens (including phenoxy) is 2. The van der Waals surface area contributed by atoms with E-state index in [4.69, 9.17) is 13.9 Å². The Bertz CT molecular complexity index is 772. The number of hydrogen-bond acceptors (Lipinski definition) is 6. The molecule has 0 atom stereocenters. The number of carbonyl (C=O) groups excluding carboxylic acids is 1. The summed E-state index contributed by atoms with van der Waals surface area (Å²) in [5.41, 5.74) is 0.497. The van der Waals surface area contributed by atoms with Crippen molar-refractivity contribution in [3.05, 3.63) is 36.4 Å². The van der Waals surface area contributed by atoms with Crippen LogP contribution < -0.4 is 10.1 Å². The molecule has 1 saturated heterocycles. The summed E-state index contributed by atoms with van der Waals surface area (Å²) in [6.45, 7) is 8.01. The van der Waals surface area contributed by atoms with Crippen molar-refractivity contribution in [1.82, 2.24) is 15.2 Å². The average Bonchev–Trinajstić information content (AvgIpc) is 3.10. The minimum absolute atomic E-state index is 0.144. The van der Waals surface area contributed by atoms with Gasteiger partial charge in [-0.2, -0.15) is 0 Å². The molecule has 7 heteroatoms. The molecule has 0 radical (unpaired) electrons. The van der Waals surface area contributed by atoms with E-state index in [9.17, 15) is 4.79 Å². The predicted octanol–water partition coefficient (Wildman–Crippen LogP) is 3.84. The normalized spacial score (nSPS) is 16.0. The lowest BCUT2D eigenvalue weighted by Crippen LogP contribution is -2.45. The number of alkyl carbamates (subject to hydrolysis) is 1. The van der Waals surface area contributed by atoms with E-state index in [0.29, 0.717) is 12.4 Å². The van der Waals surface area contributed by atoms with Crippen molar-refractivity contribution in [3.8, 4) is 17.1 Å². The number of aromatic nitrogens is 1. The zero-order valence-corrected chi connectivity index (χ0v) is 17.0. The first-order chi connectivity index (χ1) is 13.3. The van der Waals surface area contributed by atoms with Crippen LogP contribution in [0.25, 0.3) is 11.3 Å². The topological polar surface area (TPSA) is 76.8 Å². The molecule has 1 aliphatic rings. The Morgan fingerprint density at radius 2 is 1.93 bits per heavy atom. The molecule has 0 spiro atoms. The lowest BCUT2D eigenvalue weighted by atomic mass is 10.1. The van der Waals surface area contributed by atoms with E-state index in [1.54, 1.807) is 13.3 Å². The van der Waals surface area contributed by atoms with Gasteiger partial charge in [0, 0.05) is 24.7 Å². The molecule has 2 heterocycles. The predicted molar refractivity (Wildman–Crippen MR) is 106 cm³/mol. The number of rotatable bonds is 5. The van der Waals surface area contributed by atoms with E-state index in [0.717, 1.165) is 43.0 Å². The minimum atomic E-state index is -0.475. The SMILES string of the molecule is COc1ccc(-c2cnc(CN3CCC(NC(=O)OC(C)(C)C)CC3)o2)cc1. The van der Waals surface area contributed by atoms with Crippen LogP contribution in [0.1, 0.15) is 39.5 Å². The second kappa shape index (κ2) is 8.65. The molecule has 0 saturated carbocycles. The van der Waals surface area contributed by atoms with Gasteiger partial charge in [-0.1, -0.05) is 0 Å². The molecule has 0 bridgehead atoms. The summed E-state index contributed by atoms with van der Waals surface area (Å²) in [6.07, 6.45) is 3.17. The van der Waals surface area contributed by atoms with E-state index >= 15 is 0 Å². The van der Waals surface area contributed by atoms with Crippen molar-refractivity contribution < 1.29 is 18.7 Å². The average molecular weight is 387 g/mol. The summed E-state index contributed by atoms with van der Waals surface area (Å²) in [5, 5.41) is 2.96. The van der Waals surface area contributed by atoms with E-state index in [1.165, 1.54) is 0 Å². The van der Waals surface area contributed by atoms with Gasteiger partial charge in [-0.25, -0.2) is 9.78 Å². The molecule has 28 heavy (non-hydrogen) atoms. The molecule has 0 unspecified atom stereocenters. The molecule has 152 valence electrons. The minimum Gasteiger partial charge on any atom is -0.497 e. The van der Waals surface area contributed by atoms with E-state index in [1.807, 2.05) is 45.0 Å². The number of methoxy groups -OCH3 is 1. The fourth-order valence-electron chi connectivity index (χ4n) is 3.17. The highest BCUT2D eigenvalue weighted by atomic mass is 16.6. The Balaban J connectivity index is 1.47. The van der Waals surface area contributed by atoms with Gasteiger partial charge in [0.15, 0.2) is 5.76 Å². The highest BCUT2D eigenvalue weighted by molar-refractivity contribution is 5.68. The largest absolute Gasteiger partial charge is 0.497 e. The van der Waals surface area contributed by atoms with Gasteiger partial charge in [0.25, 0.3) is 0 Å². The summed E-state index contributed by atoms with van der Waals surface area (Å²) >= 11 is 0. The van der Waals surface area contributed by atoms with Crippen molar-refractivity contribution >= 4 is 6.09 Å². The van der Waals surface area contributed by atoms with Crippen LogP contribution in [-0.2, 0) is 11.3 Å². The molecule has 1 aromatic carbocycles. The lowest BCUT2D eigenvalue weighted by molar-refractivity contribution is 0.0475. The van der Waals surface area contributed by atoms with Gasteiger partial charge in [0.1, 0.15) is 11.4 Å². The van der Waals surface area contributed by atoms with Crippen LogP contribution >= 0.6 is 0 Å². The van der Waals surface area contributed by atoms with Crippen LogP contribution in [0.2, 0.25) is 0 Å². The van der Waals surface area contributed by atoms with Gasteiger partial charge in [-0.05, 0) is 57.9 Å². The maximum absolute atomic E-state index is 11.9. The smallest absolute Gasteiger partial charge is 0.407 e. The highest BCUT2D eigenvalue weighted by Crippen LogP contribution is 2.24. The van der Waals surface area contributed by atoms with Crippen molar-refractivity contribution in [2.24, 2.45) is 0 Å². The highest BCUT2D eigenvalue weighted by Gasteiger charge is 2.24. The molecule has 3 rings (SSSR count). The Labute approximate surface area is 166 Å². The number of hydrogen-bond donors (Lipinski definition) is 1. The first-order valence-corrected chi connectivity index (χ1v) is 9.63. The van der Waals surface area contributed by atoms with Gasteiger partial charge < -0.3 is 19.2 Å². The van der Waals surface area contributed by atoms with E-state index in [-0.39, 0.29) is 12.1 Å². The summed E-state index contributed by atoms with van der Waals surface area (Å²) in [4.78, 5) is 18.6. The Morgan fingerprint density at radius 1 is 1.25 bits per heavy atom. The number of piperidine rings is 1. The fourth-order valence-corrected chi connectivity index (χ4v) is 3.17. The molecular formula is C21H29N3O4. The Morgan fingerprint density at radius 3 is 2.54 bits per heavy atom. The standard InChI is InChI=1S/C21H29N3O4/c1-21(2,3)28-20(25)23-16-9-11-24(12-10-16)14-19-22-13-18(27-19)15-5-7-17(26-4)8-6-15/h5-8,13,16H,9-12,14H2,1-4H3,(H,23,25). The van der Waals surface area contributed by atoms with Crippen molar-refractivity contribution in [3.63, 3.8) is 0 Å². The van der Waals surface area contributed by atoms with Gasteiger partial charge >= 0.3 is 6.09 Å². The Hall–Kier alpha value is -2.54. The van der Waals surface area contributed by atoms with Crippen LogP contribution in [-0.4, -0.2) is 47.8 Å². The van der Waals surface area contributed by atoms with Gasteiger partial charge in [0.2, 0.25) is 5.89 Å². The monoisotopic (exact) mass is 387 g/mol. The summed E-state index contributed by atoms with van der Waals surface area (Å²) < 4.78 is 16.4. The number of benzene rings is 1. The second-order valence-corrected chi connectivity index (χ2v) is 8.04. The molecule has 1 aromatic heterocycles. The van der Waals surface area contributed by atoms with Crippen molar-refractivity contribution in [1.29, 1.82) is 0 Å². The molecule has 7 nitrogen and oxygen atoms in total. The van der Waals surface area contributed by atoms with Gasteiger partial charge in [0.05, 0.1) is 19.9 Å². The molecule has 1 aliphatic heterocycles. The summed E-state index contributed by atoms with van der Waals surface area (Å²) in [7, 11) is 1.65. The molecule has 1 amide bonds. The maximum Gasteiger partial charge on any atom is 0.407 e. The number of amides is 1. The number of carbonyl (C=O) groups is 1. The first-order valence-electron chi connectivity index (χ1n) is 9.63. The number of oxazole rings is 1. The van der Waals surface area contributed by atoms with E-state index in [2.05, 4.69) is 15.2 Å². The van der Waals surface area contributed by atoms with Crippen LogP contribution in [0.15, 0.2) is 34.9 Å². The van der Waals surface area contributed by atoms with Crippen molar-refractivity contribution in [2.45, 2.75) is 51.8 Å². The number of nitrogens with one attached hydrogen (secondary N) is 1.